The fraction of sp³-hybridized carbons (Fsp3) is 0.611. The topological polar surface area (TPSA) is 82.0 Å². The number of benzene rings is 1. The number of aliphatic hydroxyl groups excluding tert-OH is 2. The number of hydrogen-bond acceptors (Lipinski definition) is 5. The Balaban J connectivity index is 1.61. The van der Waals surface area contributed by atoms with Crippen molar-refractivity contribution in [3.8, 4) is 5.75 Å². The van der Waals surface area contributed by atoms with Crippen molar-refractivity contribution in [3.05, 3.63) is 29.8 Å². The van der Waals surface area contributed by atoms with Gasteiger partial charge in [0.2, 0.25) is 5.91 Å². The second kappa shape index (κ2) is 7.51. The number of aliphatic hydroxyl groups is 2. The molecule has 1 aromatic carbocycles. The highest BCUT2D eigenvalue weighted by Crippen LogP contribution is 2.31. The van der Waals surface area contributed by atoms with Crippen LogP contribution in [0.4, 0.5) is 0 Å². The van der Waals surface area contributed by atoms with Gasteiger partial charge in [-0.1, -0.05) is 18.2 Å². The van der Waals surface area contributed by atoms with Gasteiger partial charge >= 0.3 is 0 Å². The molecule has 1 aromatic rings. The molecule has 0 aliphatic carbocycles. The molecular weight excluding hydrogens is 308 g/mol. The van der Waals surface area contributed by atoms with Crippen molar-refractivity contribution in [2.45, 2.75) is 38.0 Å². The Labute approximate surface area is 142 Å². The molecule has 2 heterocycles. The van der Waals surface area contributed by atoms with E-state index in [4.69, 9.17) is 4.74 Å². The molecular formula is C18H26N2O4. The average molecular weight is 334 g/mol. The van der Waals surface area contributed by atoms with E-state index in [0.717, 1.165) is 17.7 Å². The van der Waals surface area contributed by atoms with E-state index in [1.807, 2.05) is 36.1 Å². The fourth-order valence-corrected chi connectivity index (χ4v) is 3.52. The van der Waals surface area contributed by atoms with Gasteiger partial charge in [0.05, 0.1) is 24.8 Å². The normalized spacial score (nSPS) is 28.5. The third-order valence-electron chi connectivity index (χ3n) is 5.19. The Morgan fingerprint density at radius 2 is 2.21 bits per heavy atom. The molecule has 6 heteroatoms. The van der Waals surface area contributed by atoms with Gasteiger partial charge in [0.1, 0.15) is 5.75 Å². The summed E-state index contributed by atoms with van der Waals surface area (Å²) in [5.74, 6) is 0.714. The lowest BCUT2D eigenvalue weighted by Gasteiger charge is -2.38. The van der Waals surface area contributed by atoms with Crippen LogP contribution < -0.4 is 10.1 Å². The highest BCUT2D eigenvalue weighted by atomic mass is 16.5. The number of ether oxygens (including phenoxy) is 1. The van der Waals surface area contributed by atoms with E-state index in [1.165, 1.54) is 0 Å². The molecule has 24 heavy (non-hydrogen) atoms. The maximum absolute atomic E-state index is 12.7. The van der Waals surface area contributed by atoms with Crippen molar-refractivity contribution >= 4 is 5.91 Å². The van der Waals surface area contributed by atoms with Crippen LogP contribution in [-0.4, -0.2) is 59.5 Å². The number of likely N-dealkylation sites (tertiary alicyclic amines) is 1. The summed E-state index contributed by atoms with van der Waals surface area (Å²) >= 11 is 0. The number of carbonyl (C=O) groups excluding carboxylic acids is 1. The molecule has 132 valence electrons. The molecule has 4 unspecified atom stereocenters. The standard InChI is InChI=1S/C18H26N2O4/c1-12(20-8-6-13(11-21)16(22)10-20)18(23)19-15-7-9-24-17-5-3-2-4-14(15)17/h2-5,12-13,15-16,21-22H,6-11H2,1H3,(H,19,23). The Kier molecular flexibility index (Phi) is 5.38. The number of fused-ring (bicyclic) bond motifs is 1. The van der Waals surface area contributed by atoms with Gasteiger partial charge in [-0.15, -0.1) is 0 Å². The minimum atomic E-state index is -0.581. The van der Waals surface area contributed by atoms with Crippen molar-refractivity contribution in [1.29, 1.82) is 0 Å². The summed E-state index contributed by atoms with van der Waals surface area (Å²) < 4.78 is 5.63. The second-order valence-electron chi connectivity index (χ2n) is 6.71. The summed E-state index contributed by atoms with van der Waals surface area (Å²) in [6.45, 7) is 3.59. The van der Waals surface area contributed by atoms with Gasteiger partial charge in [0.15, 0.2) is 0 Å². The minimum absolute atomic E-state index is 0.00551. The summed E-state index contributed by atoms with van der Waals surface area (Å²) in [4.78, 5) is 14.6. The first-order valence-corrected chi connectivity index (χ1v) is 8.65. The maximum atomic E-state index is 12.7. The zero-order chi connectivity index (χ0) is 17.1. The number of β-amino-alcohol motifs (C(OH)–C–C–N with tert-alkyl or cyclic N) is 1. The maximum Gasteiger partial charge on any atom is 0.237 e. The van der Waals surface area contributed by atoms with Crippen LogP contribution in [-0.2, 0) is 4.79 Å². The van der Waals surface area contributed by atoms with Gasteiger partial charge < -0.3 is 20.3 Å². The number of carbonyl (C=O) groups is 1. The van der Waals surface area contributed by atoms with Crippen molar-refractivity contribution in [2.75, 3.05) is 26.3 Å². The molecule has 2 aliphatic heterocycles. The second-order valence-corrected chi connectivity index (χ2v) is 6.71. The van der Waals surface area contributed by atoms with Gasteiger partial charge in [-0.25, -0.2) is 0 Å². The molecule has 0 radical (unpaired) electrons. The minimum Gasteiger partial charge on any atom is -0.493 e. The van der Waals surface area contributed by atoms with Gasteiger partial charge in [0, 0.05) is 31.1 Å². The quantitative estimate of drug-likeness (QED) is 0.755. The summed E-state index contributed by atoms with van der Waals surface area (Å²) in [5, 5.41) is 22.4. The highest BCUT2D eigenvalue weighted by molar-refractivity contribution is 5.82. The number of nitrogens with zero attached hydrogens (tertiary/aromatic N) is 1. The van der Waals surface area contributed by atoms with E-state index in [1.54, 1.807) is 0 Å². The van der Waals surface area contributed by atoms with Crippen LogP contribution in [0, 0.1) is 5.92 Å². The number of piperidine rings is 1. The first-order chi connectivity index (χ1) is 11.6. The Morgan fingerprint density at radius 3 is 2.96 bits per heavy atom. The summed E-state index contributed by atoms with van der Waals surface area (Å²) in [6.07, 6.45) is 0.878. The summed E-state index contributed by atoms with van der Waals surface area (Å²) in [7, 11) is 0. The number of para-hydroxylation sites is 1. The van der Waals surface area contributed by atoms with Crippen LogP contribution in [0.5, 0.6) is 5.75 Å². The largest absolute Gasteiger partial charge is 0.493 e. The number of hydrogen-bond donors (Lipinski definition) is 3. The smallest absolute Gasteiger partial charge is 0.237 e. The third kappa shape index (κ3) is 3.55. The van der Waals surface area contributed by atoms with Crippen LogP contribution in [0.1, 0.15) is 31.4 Å². The zero-order valence-electron chi connectivity index (χ0n) is 14.0. The van der Waals surface area contributed by atoms with Crippen molar-refractivity contribution in [2.24, 2.45) is 5.92 Å². The molecule has 1 saturated heterocycles. The van der Waals surface area contributed by atoms with Crippen LogP contribution in [0.2, 0.25) is 0 Å². The van der Waals surface area contributed by atoms with Crippen molar-refractivity contribution in [3.63, 3.8) is 0 Å². The van der Waals surface area contributed by atoms with Crippen LogP contribution in [0.15, 0.2) is 24.3 Å². The van der Waals surface area contributed by atoms with E-state index in [-0.39, 0.29) is 30.5 Å². The van der Waals surface area contributed by atoms with Crippen LogP contribution >= 0.6 is 0 Å². The van der Waals surface area contributed by atoms with E-state index in [2.05, 4.69) is 5.32 Å². The lowest BCUT2D eigenvalue weighted by molar-refractivity contribution is -0.128. The summed E-state index contributed by atoms with van der Waals surface area (Å²) in [6, 6.07) is 7.44. The van der Waals surface area contributed by atoms with Gasteiger partial charge in [-0.05, 0) is 26.0 Å². The van der Waals surface area contributed by atoms with Crippen molar-refractivity contribution in [1.82, 2.24) is 10.2 Å². The SMILES string of the molecule is CC(C(=O)NC1CCOc2ccccc21)N1CCC(CO)C(O)C1. The average Bonchev–Trinajstić information content (AvgIpc) is 2.61. The predicted molar refractivity (Wildman–Crippen MR) is 89.7 cm³/mol. The molecule has 0 saturated carbocycles. The van der Waals surface area contributed by atoms with Gasteiger partial charge in [0.25, 0.3) is 0 Å². The lowest BCUT2D eigenvalue weighted by atomic mass is 9.93. The van der Waals surface area contributed by atoms with Crippen LogP contribution in [0.3, 0.4) is 0 Å². The molecule has 2 aliphatic rings. The number of nitrogens with one attached hydrogen (secondary N) is 1. The molecule has 1 amide bonds. The summed E-state index contributed by atoms with van der Waals surface area (Å²) in [5.41, 5.74) is 1.02. The fourth-order valence-electron chi connectivity index (χ4n) is 3.52. The Hall–Kier alpha value is -1.63. The predicted octanol–water partition coefficient (Wildman–Crippen LogP) is 0.690. The first-order valence-electron chi connectivity index (χ1n) is 8.65. The van der Waals surface area contributed by atoms with E-state index < -0.39 is 6.10 Å². The Morgan fingerprint density at radius 1 is 1.42 bits per heavy atom. The molecule has 3 rings (SSSR count). The molecule has 0 spiro atoms. The molecule has 0 aromatic heterocycles. The zero-order valence-corrected chi connectivity index (χ0v) is 14.0. The molecule has 3 N–H and O–H groups in total. The third-order valence-corrected chi connectivity index (χ3v) is 5.19. The lowest BCUT2D eigenvalue weighted by Crippen LogP contribution is -2.53. The molecule has 1 fully saturated rings. The van der Waals surface area contributed by atoms with E-state index in [9.17, 15) is 15.0 Å². The van der Waals surface area contributed by atoms with Gasteiger partial charge in [-0.2, -0.15) is 0 Å². The monoisotopic (exact) mass is 334 g/mol. The molecule has 6 nitrogen and oxygen atoms in total. The van der Waals surface area contributed by atoms with E-state index in [0.29, 0.717) is 26.1 Å². The molecule has 0 bridgehead atoms. The van der Waals surface area contributed by atoms with Crippen molar-refractivity contribution < 1.29 is 19.7 Å². The van der Waals surface area contributed by atoms with Gasteiger partial charge in [-0.3, -0.25) is 9.69 Å². The number of amides is 1. The highest BCUT2D eigenvalue weighted by Gasteiger charge is 2.33. The first kappa shape index (κ1) is 17.2. The number of rotatable bonds is 4. The molecule has 4 atom stereocenters. The van der Waals surface area contributed by atoms with Crippen LogP contribution in [0.25, 0.3) is 0 Å². The Bertz CT molecular complexity index is 580. The van der Waals surface area contributed by atoms with E-state index >= 15 is 0 Å².